The molecule has 0 spiro atoms. The smallest absolute Gasteiger partial charge is 0.406 e. The number of hydrogen-bond acceptors (Lipinski definition) is 5. The molecule has 0 aliphatic rings. The van der Waals surface area contributed by atoms with E-state index in [0.29, 0.717) is 11.4 Å². The highest BCUT2D eigenvalue weighted by atomic mass is 19.4. The summed E-state index contributed by atoms with van der Waals surface area (Å²) in [5.74, 6) is -2.53. The van der Waals surface area contributed by atoms with Crippen molar-refractivity contribution in [2.45, 2.75) is 26.1 Å². The summed E-state index contributed by atoms with van der Waals surface area (Å²) in [4.78, 5) is 20.6. The third kappa shape index (κ3) is 4.29. The molecule has 1 heterocycles. The lowest BCUT2D eigenvalue weighted by atomic mass is 9.97. The van der Waals surface area contributed by atoms with Gasteiger partial charge < -0.3 is 4.74 Å². The van der Waals surface area contributed by atoms with Gasteiger partial charge in [0.05, 0.1) is 6.07 Å². The number of nitrogens with zero attached hydrogens (tertiary/aromatic N) is 3. The fourth-order valence-electron chi connectivity index (χ4n) is 2.13. The maximum absolute atomic E-state index is 12.5. The number of halogens is 3. The first-order valence-electron chi connectivity index (χ1n) is 6.81. The van der Waals surface area contributed by atoms with E-state index >= 15 is 0 Å². The monoisotopic (exact) mass is 335 g/mol. The van der Waals surface area contributed by atoms with Crippen LogP contribution < -0.4 is 4.74 Å². The third-order valence-corrected chi connectivity index (χ3v) is 3.00. The van der Waals surface area contributed by atoms with Gasteiger partial charge in [0.15, 0.2) is 17.5 Å². The van der Waals surface area contributed by atoms with Crippen LogP contribution in [0.3, 0.4) is 0 Å². The number of aromatic nitrogens is 2. The van der Waals surface area contributed by atoms with Crippen molar-refractivity contribution in [3.8, 4) is 11.8 Å². The average molecular weight is 335 g/mol. The van der Waals surface area contributed by atoms with Gasteiger partial charge in [-0.25, -0.2) is 9.97 Å². The van der Waals surface area contributed by atoms with Crippen molar-refractivity contribution in [2.24, 2.45) is 0 Å². The maximum atomic E-state index is 12.5. The van der Waals surface area contributed by atoms with Crippen molar-refractivity contribution >= 4 is 5.78 Å². The molecule has 1 atom stereocenters. The molecule has 0 N–H and O–H groups in total. The van der Waals surface area contributed by atoms with Gasteiger partial charge in [-0.1, -0.05) is 12.1 Å². The molecule has 0 aliphatic carbocycles. The van der Waals surface area contributed by atoms with Gasteiger partial charge in [-0.05, 0) is 32.0 Å². The topological polar surface area (TPSA) is 75.9 Å². The van der Waals surface area contributed by atoms with Gasteiger partial charge >= 0.3 is 6.36 Å². The van der Waals surface area contributed by atoms with Crippen molar-refractivity contribution < 1.29 is 22.7 Å². The lowest BCUT2D eigenvalue weighted by Gasteiger charge is -2.11. The van der Waals surface area contributed by atoms with E-state index in [9.17, 15) is 23.2 Å². The number of rotatable bonds is 4. The maximum Gasteiger partial charge on any atom is 0.573 e. The minimum absolute atomic E-state index is 0.0159. The highest BCUT2D eigenvalue weighted by molar-refractivity contribution is 6.02. The van der Waals surface area contributed by atoms with E-state index in [0.717, 1.165) is 12.1 Å². The summed E-state index contributed by atoms with van der Waals surface area (Å²) in [7, 11) is 0. The largest absolute Gasteiger partial charge is 0.573 e. The highest BCUT2D eigenvalue weighted by Crippen LogP contribution is 2.25. The molecule has 0 aliphatic heterocycles. The van der Waals surface area contributed by atoms with Crippen LogP contribution in [0.2, 0.25) is 0 Å². The Labute approximate surface area is 135 Å². The Bertz CT molecular complexity index is 793. The fraction of sp³-hybridized carbons (Fsp3) is 0.250. The molecule has 0 amide bonds. The summed E-state index contributed by atoms with van der Waals surface area (Å²) in [5, 5.41) is 9.29. The Morgan fingerprint density at radius 2 is 1.83 bits per heavy atom. The van der Waals surface area contributed by atoms with E-state index in [1.165, 1.54) is 12.1 Å². The lowest BCUT2D eigenvalue weighted by molar-refractivity contribution is -0.274. The van der Waals surface area contributed by atoms with Gasteiger partial charge in [-0.15, -0.1) is 13.2 Å². The Hall–Kier alpha value is -2.95. The molecule has 2 aromatic rings. The zero-order valence-corrected chi connectivity index (χ0v) is 12.8. The second kappa shape index (κ2) is 6.66. The predicted octanol–water partition coefficient (Wildman–Crippen LogP) is 3.48. The molecular weight excluding hydrogens is 323 g/mol. The van der Waals surface area contributed by atoms with E-state index in [4.69, 9.17) is 0 Å². The van der Waals surface area contributed by atoms with E-state index in [1.54, 1.807) is 26.0 Å². The van der Waals surface area contributed by atoms with Gasteiger partial charge in [0.25, 0.3) is 0 Å². The van der Waals surface area contributed by atoms with Crippen molar-refractivity contribution in [1.82, 2.24) is 9.97 Å². The molecule has 0 fully saturated rings. The Kier molecular flexibility index (Phi) is 4.83. The van der Waals surface area contributed by atoms with Crippen LogP contribution in [0.25, 0.3) is 0 Å². The molecular formula is C16H12F3N3O2. The minimum Gasteiger partial charge on any atom is -0.406 e. The van der Waals surface area contributed by atoms with Gasteiger partial charge in [0.2, 0.25) is 0 Å². The van der Waals surface area contributed by atoms with E-state index in [1.807, 2.05) is 0 Å². The van der Waals surface area contributed by atoms with Crippen molar-refractivity contribution in [3.05, 3.63) is 53.1 Å². The molecule has 2 rings (SSSR count). The van der Waals surface area contributed by atoms with E-state index < -0.39 is 23.8 Å². The number of ether oxygens (including phenoxy) is 1. The molecule has 5 nitrogen and oxygen atoms in total. The molecule has 8 heteroatoms. The number of carbonyl (C=O) groups excluding carboxylic acids is 1. The SMILES string of the molecule is Cc1cc(C)nc([C@H](C#N)C(=O)c2cccc(OC(F)(F)F)c2)n1. The lowest BCUT2D eigenvalue weighted by Crippen LogP contribution is -2.18. The van der Waals surface area contributed by atoms with Gasteiger partial charge in [0, 0.05) is 17.0 Å². The Balaban J connectivity index is 2.35. The van der Waals surface area contributed by atoms with Crippen LogP contribution in [-0.2, 0) is 0 Å². The van der Waals surface area contributed by atoms with E-state index in [-0.39, 0.29) is 11.4 Å². The molecule has 0 saturated heterocycles. The standard InChI is InChI=1S/C16H12F3N3O2/c1-9-6-10(2)22-15(21-9)13(8-20)14(23)11-4-3-5-12(7-11)24-16(17,18)19/h3-7,13H,1-2H3/t13-/m1/s1. The first-order valence-corrected chi connectivity index (χ1v) is 6.81. The number of ketones is 1. The number of alkyl halides is 3. The Morgan fingerprint density at radius 1 is 1.21 bits per heavy atom. The highest BCUT2D eigenvalue weighted by Gasteiger charge is 2.32. The zero-order valence-electron chi connectivity index (χ0n) is 12.8. The number of Topliss-reactive ketones (excluding diaryl/α,β-unsaturated/α-hetero) is 1. The average Bonchev–Trinajstić information content (AvgIpc) is 2.45. The number of hydrogen-bond donors (Lipinski definition) is 0. The van der Waals surface area contributed by atoms with Crippen LogP contribution in [0.5, 0.6) is 5.75 Å². The number of aryl methyl sites for hydroxylation is 2. The minimum atomic E-state index is -4.87. The van der Waals surface area contributed by atoms with Gasteiger partial charge in [0.1, 0.15) is 5.75 Å². The fourth-order valence-corrected chi connectivity index (χ4v) is 2.13. The molecule has 0 bridgehead atoms. The molecule has 0 radical (unpaired) electrons. The molecule has 124 valence electrons. The summed E-state index contributed by atoms with van der Waals surface area (Å²) in [5.41, 5.74) is 1.07. The molecule has 1 aromatic heterocycles. The van der Waals surface area contributed by atoms with Gasteiger partial charge in [-0.3, -0.25) is 4.79 Å². The third-order valence-electron chi connectivity index (χ3n) is 3.00. The summed E-state index contributed by atoms with van der Waals surface area (Å²) in [6.45, 7) is 3.38. The summed E-state index contributed by atoms with van der Waals surface area (Å²) in [6, 6.07) is 8.03. The predicted molar refractivity (Wildman–Crippen MR) is 77.3 cm³/mol. The second-order valence-electron chi connectivity index (χ2n) is 5.01. The summed E-state index contributed by atoms with van der Waals surface area (Å²) >= 11 is 0. The normalized spacial score (nSPS) is 12.3. The number of benzene rings is 1. The van der Waals surface area contributed by atoms with Crippen LogP contribution in [0.4, 0.5) is 13.2 Å². The number of carbonyl (C=O) groups is 1. The number of nitriles is 1. The van der Waals surface area contributed by atoms with Crippen LogP contribution in [0, 0.1) is 25.2 Å². The molecule has 0 unspecified atom stereocenters. The van der Waals surface area contributed by atoms with Crippen LogP contribution in [-0.4, -0.2) is 22.1 Å². The molecule has 24 heavy (non-hydrogen) atoms. The van der Waals surface area contributed by atoms with Crippen molar-refractivity contribution in [1.29, 1.82) is 5.26 Å². The van der Waals surface area contributed by atoms with Gasteiger partial charge in [-0.2, -0.15) is 5.26 Å². The zero-order chi connectivity index (χ0) is 17.9. The summed E-state index contributed by atoms with van der Waals surface area (Å²) in [6.07, 6.45) is -4.87. The van der Waals surface area contributed by atoms with Crippen molar-refractivity contribution in [2.75, 3.05) is 0 Å². The van der Waals surface area contributed by atoms with Crippen LogP contribution >= 0.6 is 0 Å². The van der Waals surface area contributed by atoms with Crippen LogP contribution in [0.1, 0.15) is 33.5 Å². The first-order chi connectivity index (χ1) is 11.2. The quantitative estimate of drug-likeness (QED) is 0.800. The molecule has 0 saturated carbocycles. The second-order valence-corrected chi connectivity index (χ2v) is 5.01. The van der Waals surface area contributed by atoms with E-state index in [2.05, 4.69) is 14.7 Å². The Morgan fingerprint density at radius 3 is 2.38 bits per heavy atom. The first kappa shape index (κ1) is 17.4. The van der Waals surface area contributed by atoms with Crippen LogP contribution in [0.15, 0.2) is 30.3 Å². The van der Waals surface area contributed by atoms with Crippen molar-refractivity contribution in [3.63, 3.8) is 0 Å². The molecule has 1 aromatic carbocycles. The summed E-state index contributed by atoms with van der Waals surface area (Å²) < 4.78 is 40.6.